The molecule has 2 N–H and O–H groups in total. The number of carbonyl (C=O) groups is 2. The average Bonchev–Trinajstić information content (AvgIpc) is 3.15. The molecule has 3 rings (SSSR count). The molecule has 0 aliphatic carbocycles. The van der Waals surface area contributed by atoms with E-state index in [0.717, 1.165) is 25.9 Å². The van der Waals surface area contributed by atoms with Crippen LogP contribution in [0.5, 0.6) is 0 Å². The van der Waals surface area contributed by atoms with Gasteiger partial charge in [-0.05, 0) is 31.7 Å². The van der Waals surface area contributed by atoms with Crippen LogP contribution in [0.1, 0.15) is 49.8 Å². The maximum atomic E-state index is 12.4. The number of piperidine rings is 1. The van der Waals surface area contributed by atoms with E-state index in [9.17, 15) is 9.59 Å². The number of nitrogens with one attached hydrogen (secondary N) is 2. The van der Waals surface area contributed by atoms with Gasteiger partial charge in [0.2, 0.25) is 11.8 Å². The van der Waals surface area contributed by atoms with Gasteiger partial charge in [0.25, 0.3) is 0 Å². The van der Waals surface area contributed by atoms with E-state index < -0.39 is 0 Å². The minimum Gasteiger partial charge on any atom is -0.356 e. The fourth-order valence-electron chi connectivity index (χ4n) is 3.73. The van der Waals surface area contributed by atoms with Gasteiger partial charge in [0.05, 0.1) is 6.20 Å². The van der Waals surface area contributed by atoms with Crippen LogP contribution in [0.15, 0.2) is 30.5 Å². The van der Waals surface area contributed by atoms with Crippen LogP contribution in [0.3, 0.4) is 0 Å². The number of aryl methyl sites for hydroxylation is 1. The molecule has 1 aromatic carbocycles. The summed E-state index contributed by atoms with van der Waals surface area (Å²) in [5.41, 5.74) is 4.77. The van der Waals surface area contributed by atoms with Crippen molar-refractivity contribution >= 4 is 11.8 Å². The number of nitrogens with zero attached hydrogens (tertiary/aromatic N) is 2. The van der Waals surface area contributed by atoms with Gasteiger partial charge in [0.1, 0.15) is 0 Å². The van der Waals surface area contributed by atoms with Gasteiger partial charge in [-0.15, -0.1) is 0 Å². The summed E-state index contributed by atoms with van der Waals surface area (Å²) in [5, 5.41) is 10.2. The van der Waals surface area contributed by atoms with Gasteiger partial charge in [0, 0.05) is 50.2 Å². The number of hydrogen-bond donors (Lipinski definition) is 2. The third kappa shape index (κ3) is 4.96. The predicted octanol–water partition coefficient (Wildman–Crippen LogP) is 3.01. The molecule has 0 bridgehead atoms. The Labute approximate surface area is 160 Å². The summed E-state index contributed by atoms with van der Waals surface area (Å²) in [6.07, 6.45) is 4.97. The molecule has 2 heterocycles. The number of aromatic nitrogens is 2. The summed E-state index contributed by atoms with van der Waals surface area (Å²) in [4.78, 5) is 25.2. The lowest BCUT2D eigenvalue weighted by atomic mass is 9.89. The van der Waals surface area contributed by atoms with E-state index in [1.165, 1.54) is 29.3 Å². The summed E-state index contributed by atoms with van der Waals surface area (Å²) in [7, 11) is 0. The Kier molecular flexibility index (Phi) is 6.27. The van der Waals surface area contributed by atoms with Crippen molar-refractivity contribution in [2.24, 2.45) is 0 Å². The van der Waals surface area contributed by atoms with Crippen molar-refractivity contribution in [3.8, 4) is 11.1 Å². The van der Waals surface area contributed by atoms with Crippen molar-refractivity contribution in [2.75, 3.05) is 19.6 Å². The van der Waals surface area contributed by atoms with Gasteiger partial charge in [-0.3, -0.25) is 14.7 Å². The molecule has 144 valence electrons. The first-order chi connectivity index (χ1) is 13.0. The zero-order valence-corrected chi connectivity index (χ0v) is 16.1. The number of benzene rings is 1. The molecule has 0 atom stereocenters. The first-order valence-electron chi connectivity index (χ1n) is 9.67. The van der Waals surface area contributed by atoms with E-state index in [4.69, 9.17) is 0 Å². The van der Waals surface area contributed by atoms with Crippen LogP contribution in [0.4, 0.5) is 0 Å². The van der Waals surface area contributed by atoms with Crippen LogP contribution < -0.4 is 5.32 Å². The van der Waals surface area contributed by atoms with E-state index >= 15 is 0 Å². The van der Waals surface area contributed by atoms with Crippen LogP contribution in [-0.2, 0) is 9.59 Å². The average molecular weight is 368 g/mol. The highest BCUT2D eigenvalue weighted by molar-refractivity contribution is 5.76. The maximum absolute atomic E-state index is 12.4. The van der Waals surface area contributed by atoms with Gasteiger partial charge < -0.3 is 10.2 Å². The topological polar surface area (TPSA) is 78.1 Å². The number of rotatable bonds is 6. The van der Waals surface area contributed by atoms with Gasteiger partial charge in [-0.2, -0.15) is 5.10 Å². The van der Waals surface area contributed by atoms with E-state index in [1.54, 1.807) is 0 Å². The number of H-pyrrole nitrogens is 1. The molecule has 1 aliphatic heterocycles. The second kappa shape index (κ2) is 8.84. The van der Waals surface area contributed by atoms with Crippen LogP contribution in [0.25, 0.3) is 11.1 Å². The lowest BCUT2D eigenvalue weighted by Crippen LogP contribution is -2.38. The number of carbonyl (C=O) groups excluding carboxylic acids is 2. The first-order valence-corrected chi connectivity index (χ1v) is 9.67. The quantitative estimate of drug-likeness (QED) is 0.770. The molecule has 2 aromatic rings. The molecule has 6 nitrogen and oxygen atoms in total. The third-order valence-corrected chi connectivity index (χ3v) is 5.20. The van der Waals surface area contributed by atoms with Gasteiger partial charge in [-0.1, -0.05) is 29.8 Å². The zero-order chi connectivity index (χ0) is 19.2. The van der Waals surface area contributed by atoms with Gasteiger partial charge in [-0.25, -0.2) is 0 Å². The second-order valence-corrected chi connectivity index (χ2v) is 7.31. The SMILES string of the molecule is CC(=O)NCCCC(=O)N1CCC(c2[nH]ncc2-c2cccc(C)c2)CC1. The summed E-state index contributed by atoms with van der Waals surface area (Å²) in [6.45, 7) is 5.70. The predicted molar refractivity (Wildman–Crippen MR) is 105 cm³/mol. The lowest BCUT2D eigenvalue weighted by molar-refractivity contribution is -0.132. The largest absolute Gasteiger partial charge is 0.356 e. The summed E-state index contributed by atoms with van der Waals surface area (Å²) in [6, 6.07) is 8.47. The molecular formula is C21H28N4O2. The zero-order valence-electron chi connectivity index (χ0n) is 16.1. The Bertz CT molecular complexity index is 791. The Balaban J connectivity index is 1.55. The van der Waals surface area contributed by atoms with E-state index in [1.807, 2.05) is 11.1 Å². The molecule has 0 unspecified atom stereocenters. The molecule has 2 amide bonds. The van der Waals surface area contributed by atoms with E-state index in [0.29, 0.717) is 25.3 Å². The normalized spacial score (nSPS) is 15.0. The highest BCUT2D eigenvalue weighted by Gasteiger charge is 2.26. The molecule has 1 aliphatic rings. The van der Waals surface area contributed by atoms with Crippen LogP contribution in [0.2, 0.25) is 0 Å². The van der Waals surface area contributed by atoms with E-state index in [-0.39, 0.29) is 11.8 Å². The molecule has 0 radical (unpaired) electrons. The number of amides is 2. The van der Waals surface area contributed by atoms with Crippen molar-refractivity contribution in [2.45, 2.75) is 45.4 Å². The molecule has 1 aromatic heterocycles. The molecular weight excluding hydrogens is 340 g/mol. The Hall–Kier alpha value is -2.63. The number of aromatic amines is 1. The smallest absolute Gasteiger partial charge is 0.222 e. The standard InChI is InChI=1S/C21H28N4O2/c1-15-5-3-6-18(13-15)19-14-23-24-21(19)17-8-11-25(12-9-17)20(27)7-4-10-22-16(2)26/h3,5-6,13-14,17H,4,7-12H2,1-2H3,(H,22,26)(H,23,24). The minimum atomic E-state index is -0.0489. The third-order valence-electron chi connectivity index (χ3n) is 5.20. The fourth-order valence-corrected chi connectivity index (χ4v) is 3.73. The Morgan fingerprint density at radius 1 is 1.30 bits per heavy atom. The molecule has 1 saturated heterocycles. The molecule has 1 fully saturated rings. The lowest BCUT2D eigenvalue weighted by Gasteiger charge is -2.32. The van der Waals surface area contributed by atoms with Crippen molar-refractivity contribution < 1.29 is 9.59 Å². The van der Waals surface area contributed by atoms with Crippen molar-refractivity contribution in [1.82, 2.24) is 20.4 Å². The molecule has 0 saturated carbocycles. The van der Waals surface area contributed by atoms with Crippen molar-refractivity contribution in [3.63, 3.8) is 0 Å². The molecule has 6 heteroatoms. The van der Waals surface area contributed by atoms with Crippen LogP contribution in [0, 0.1) is 6.92 Å². The molecule has 27 heavy (non-hydrogen) atoms. The van der Waals surface area contributed by atoms with Crippen LogP contribution >= 0.6 is 0 Å². The monoisotopic (exact) mass is 368 g/mol. The maximum Gasteiger partial charge on any atom is 0.222 e. The summed E-state index contributed by atoms with van der Waals surface area (Å²) >= 11 is 0. The first kappa shape index (κ1) is 19.1. The summed E-state index contributed by atoms with van der Waals surface area (Å²) in [5.74, 6) is 0.529. The Morgan fingerprint density at radius 2 is 2.07 bits per heavy atom. The minimum absolute atomic E-state index is 0.0489. The Morgan fingerprint density at radius 3 is 2.78 bits per heavy atom. The van der Waals surface area contributed by atoms with Gasteiger partial charge in [0.15, 0.2) is 0 Å². The number of hydrogen-bond acceptors (Lipinski definition) is 3. The van der Waals surface area contributed by atoms with Crippen molar-refractivity contribution in [1.29, 1.82) is 0 Å². The molecule has 0 spiro atoms. The highest BCUT2D eigenvalue weighted by Crippen LogP contribution is 2.34. The van der Waals surface area contributed by atoms with Crippen molar-refractivity contribution in [3.05, 3.63) is 41.7 Å². The summed E-state index contributed by atoms with van der Waals surface area (Å²) < 4.78 is 0. The van der Waals surface area contributed by atoms with E-state index in [2.05, 4.69) is 46.7 Å². The highest BCUT2D eigenvalue weighted by atomic mass is 16.2. The van der Waals surface area contributed by atoms with Crippen LogP contribution in [-0.4, -0.2) is 46.5 Å². The number of likely N-dealkylation sites (tertiary alicyclic amines) is 1. The fraction of sp³-hybridized carbons (Fsp3) is 0.476. The van der Waals surface area contributed by atoms with Gasteiger partial charge >= 0.3 is 0 Å². The second-order valence-electron chi connectivity index (χ2n) is 7.31.